The molecule has 104 valence electrons. The van der Waals surface area contributed by atoms with Crippen molar-refractivity contribution in [2.24, 2.45) is 0 Å². The van der Waals surface area contributed by atoms with Crippen molar-refractivity contribution in [2.45, 2.75) is 13.5 Å². The van der Waals surface area contributed by atoms with Gasteiger partial charge < -0.3 is 10.0 Å². The fraction of sp³-hybridized carbons (Fsp3) is 0.188. The highest BCUT2D eigenvalue weighted by Crippen LogP contribution is 2.18. The molecular formula is C16H16BrNO2. The van der Waals surface area contributed by atoms with Gasteiger partial charge in [-0.3, -0.25) is 4.79 Å². The average Bonchev–Trinajstić information content (AvgIpc) is 2.43. The van der Waals surface area contributed by atoms with Gasteiger partial charge in [0.05, 0.1) is 0 Å². The maximum Gasteiger partial charge on any atom is 0.253 e. The van der Waals surface area contributed by atoms with Crippen molar-refractivity contribution < 1.29 is 9.90 Å². The van der Waals surface area contributed by atoms with Crippen LogP contribution >= 0.6 is 15.9 Å². The molecule has 0 saturated carbocycles. The Balaban J connectivity index is 2.11. The zero-order chi connectivity index (χ0) is 14.7. The SMILES string of the molecule is Cc1cc(C(=O)N(C)Cc2ccc(Br)cc2)ccc1O. The van der Waals surface area contributed by atoms with E-state index in [-0.39, 0.29) is 11.7 Å². The first-order valence-electron chi connectivity index (χ1n) is 6.27. The van der Waals surface area contributed by atoms with E-state index < -0.39 is 0 Å². The Labute approximate surface area is 127 Å². The number of rotatable bonds is 3. The maximum absolute atomic E-state index is 12.3. The normalized spacial score (nSPS) is 10.3. The van der Waals surface area contributed by atoms with E-state index in [4.69, 9.17) is 0 Å². The number of hydrogen-bond acceptors (Lipinski definition) is 2. The van der Waals surface area contributed by atoms with Crippen LogP contribution in [0, 0.1) is 6.92 Å². The van der Waals surface area contributed by atoms with Gasteiger partial charge in [-0.2, -0.15) is 0 Å². The van der Waals surface area contributed by atoms with Gasteiger partial charge in [-0.05, 0) is 48.4 Å². The number of nitrogens with zero attached hydrogens (tertiary/aromatic N) is 1. The van der Waals surface area contributed by atoms with Gasteiger partial charge >= 0.3 is 0 Å². The Morgan fingerprint density at radius 1 is 1.20 bits per heavy atom. The largest absolute Gasteiger partial charge is 0.508 e. The summed E-state index contributed by atoms with van der Waals surface area (Å²) in [4.78, 5) is 14.0. The number of amides is 1. The molecule has 20 heavy (non-hydrogen) atoms. The van der Waals surface area contributed by atoms with E-state index in [0.717, 1.165) is 10.0 Å². The highest BCUT2D eigenvalue weighted by molar-refractivity contribution is 9.10. The second-order valence-electron chi connectivity index (χ2n) is 4.79. The van der Waals surface area contributed by atoms with Crippen molar-refractivity contribution in [3.63, 3.8) is 0 Å². The van der Waals surface area contributed by atoms with Crippen LogP contribution in [-0.2, 0) is 6.54 Å². The van der Waals surface area contributed by atoms with Crippen molar-refractivity contribution in [1.82, 2.24) is 4.90 Å². The molecule has 2 aromatic rings. The van der Waals surface area contributed by atoms with Crippen molar-refractivity contribution in [3.8, 4) is 5.75 Å². The lowest BCUT2D eigenvalue weighted by molar-refractivity contribution is 0.0785. The van der Waals surface area contributed by atoms with Crippen LogP contribution in [-0.4, -0.2) is 23.0 Å². The van der Waals surface area contributed by atoms with E-state index in [1.165, 1.54) is 0 Å². The van der Waals surface area contributed by atoms with Gasteiger partial charge in [-0.1, -0.05) is 28.1 Å². The first-order valence-corrected chi connectivity index (χ1v) is 7.06. The highest BCUT2D eigenvalue weighted by atomic mass is 79.9. The molecule has 0 heterocycles. The molecule has 0 bridgehead atoms. The van der Waals surface area contributed by atoms with E-state index in [0.29, 0.717) is 17.7 Å². The summed E-state index contributed by atoms with van der Waals surface area (Å²) in [5.41, 5.74) is 2.35. The minimum absolute atomic E-state index is 0.0592. The zero-order valence-electron chi connectivity index (χ0n) is 11.4. The molecule has 1 N–H and O–H groups in total. The van der Waals surface area contributed by atoms with E-state index in [1.54, 1.807) is 37.1 Å². The van der Waals surface area contributed by atoms with Gasteiger partial charge in [0.25, 0.3) is 5.91 Å². The van der Waals surface area contributed by atoms with Crippen LogP contribution in [0.15, 0.2) is 46.9 Å². The van der Waals surface area contributed by atoms with E-state index in [9.17, 15) is 9.90 Å². The van der Waals surface area contributed by atoms with Crippen LogP contribution in [0.2, 0.25) is 0 Å². The monoisotopic (exact) mass is 333 g/mol. The number of aryl methyl sites for hydroxylation is 1. The topological polar surface area (TPSA) is 40.5 Å². The molecule has 3 nitrogen and oxygen atoms in total. The summed E-state index contributed by atoms with van der Waals surface area (Å²) in [7, 11) is 1.77. The molecule has 0 atom stereocenters. The Bertz CT molecular complexity index is 623. The molecule has 2 rings (SSSR count). The maximum atomic E-state index is 12.3. The van der Waals surface area contributed by atoms with Crippen LogP contribution < -0.4 is 0 Å². The first-order chi connectivity index (χ1) is 9.47. The van der Waals surface area contributed by atoms with Gasteiger partial charge in [0.15, 0.2) is 0 Å². The molecule has 1 amide bonds. The van der Waals surface area contributed by atoms with Crippen LogP contribution in [0.25, 0.3) is 0 Å². The minimum Gasteiger partial charge on any atom is -0.508 e. The first kappa shape index (κ1) is 14.6. The highest BCUT2D eigenvalue weighted by Gasteiger charge is 2.13. The number of carbonyl (C=O) groups excluding carboxylic acids is 1. The van der Waals surface area contributed by atoms with E-state index in [2.05, 4.69) is 15.9 Å². The Morgan fingerprint density at radius 3 is 2.45 bits per heavy atom. The second kappa shape index (κ2) is 6.09. The summed E-state index contributed by atoms with van der Waals surface area (Å²) in [6.07, 6.45) is 0. The lowest BCUT2D eigenvalue weighted by Crippen LogP contribution is -2.26. The average molecular weight is 334 g/mol. The van der Waals surface area contributed by atoms with Crippen molar-refractivity contribution >= 4 is 21.8 Å². The molecule has 0 aliphatic heterocycles. The zero-order valence-corrected chi connectivity index (χ0v) is 13.0. The molecule has 0 aromatic heterocycles. The van der Waals surface area contributed by atoms with Gasteiger partial charge in [0.1, 0.15) is 5.75 Å². The molecule has 0 spiro atoms. The van der Waals surface area contributed by atoms with Crippen LogP contribution in [0.4, 0.5) is 0 Å². The molecule has 0 saturated heterocycles. The Kier molecular flexibility index (Phi) is 4.45. The fourth-order valence-electron chi connectivity index (χ4n) is 1.94. The van der Waals surface area contributed by atoms with Gasteiger partial charge in [-0.15, -0.1) is 0 Å². The molecular weight excluding hydrogens is 318 g/mol. The molecule has 0 aliphatic rings. The molecule has 0 radical (unpaired) electrons. The molecule has 0 unspecified atom stereocenters. The lowest BCUT2D eigenvalue weighted by Gasteiger charge is -2.18. The third kappa shape index (κ3) is 3.39. The summed E-state index contributed by atoms with van der Waals surface area (Å²) in [6.45, 7) is 2.33. The molecule has 0 fully saturated rings. The van der Waals surface area contributed by atoms with E-state index >= 15 is 0 Å². The summed E-state index contributed by atoms with van der Waals surface area (Å²) < 4.78 is 1.02. The predicted molar refractivity (Wildman–Crippen MR) is 82.8 cm³/mol. The third-order valence-electron chi connectivity index (χ3n) is 3.12. The molecule has 4 heteroatoms. The summed E-state index contributed by atoms with van der Waals surface area (Å²) in [5, 5.41) is 9.50. The summed E-state index contributed by atoms with van der Waals surface area (Å²) >= 11 is 3.39. The predicted octanol–water partition coefficient (Wildman–Crippen LogP) is 3.74. The third-order valence-corrected chi connectivity index (χ3v) is 3.65. The van der Waals surface area contributed by atoms with Gasteiger partial charge in [0, 0.05) is 23.6 Å². The fourth-order valence-corrected chi connectivity index (χ4v) is 2.21. The molecule has 2 aromatic carbocycles. The Hall–Kier alpha value is -1.81. The van der Waals surface area contributed by atoms with Crippen molar-refractivity contribution in [3.05, 3.63) is 63.6 Å². The number of phenols is 1. The number of hydrogen-bond donors (Lipinski definition) is 1. The number of phenolic OH excluding ortho intramolecular Hbond substituents is 1. The quantitative estimate of drug-likeness (QED) is 0.929. The van der Waals surface area contributed by atoms with Crippen molar-refractivity contribution in [1.29, 1.82) is 0 Å². The van der Waals surface area contributed by atoms with Gasteiger partial charge in [-0.25, -0.2) is 0 Å². The number of carbonyl (C=O) groups is 1. The Morgan fingerprint density at radius 2 is 1.85 bits per heavy atom. The smallest absolute Gasteiger partial charge is 0.253 e. The van der Waals surface area contributed by atoms with Crippen molar-refractivity contribution in [2.75, 3.05) is 7.05 Å². The van der Waals surface area contributed by atoms with E-state index in [1.807, 2.05) is 24.3 Å². The van der Waals surface area contributed by atoms with Crippen LogP contribution in [0.1, 0.15) is 21.5 Å². The number of benzene rings is 2. The summed E-state index contributed by atoms with van der Waals surface area (Å²) in [5.74, 6) is 0.146. The van der Waals surface area contributed by atoms with Crippen LogP contribution in [0.3, 0.4) is 0 Å². The van der Waals surface area contributed by atoms with Crippen LogP contribution in [0.5, 0.6) is 5.75 Å². The summed E-state index contributed by atoms with van der Waals surface area (Å²) in [6, 6.07) is 12.8. The number of aromatic hydroxyl groups is 1. The van der Waals surface area contributed by atoms with Gasteiger partial charge in [0.2, 0.25) is 0 Å². The number of halogens is 1. The second-order valence-corrected chi connectivity index (χ2v) is 5.70. The molecule has 0 aliphatic carbocycles. The minimum atomic E-state index is -0.0592. The standard InChI is InChI=1S/C16H16BrNO2/c1-11-9-13(5-8-15(11)19)16(20)18(2)10-12-3-6-14(17)7-4-12/h3-9,19H,10H2,1-2H3. The lowest BCUT2D eigenvalue weighted by atomic mass is 10.1.